The van der Waals surface area contributed by atoms with Crippen LogP contribution in [0.3, 0.4) is 0 Å². The molecule has 0 N–H and O–H groups in total. The predicted octanol–water partition coefficient (Wildman–Crippen LogP) is 4.90. The number of benzene rings is 2. The van der Waals surface area contributed by atoms with Gasteiger partial charge in [0, 0.05) is 15.2 Å². The average molecular weight is 399 g/mol. The smallest absolute Gasteiger partial charge is 0.283 e. The molecule has 4 aromatic rings. The zero-order valence-corrected chi connectivity index (χ0v) is 15.0. The molecule has 2 aromatic carbocycles. The summed E-state index contributed by atoms with van der Waals surface area (Å²) in [7, 11) is 0. The van der Waals surface area contributed by atoms with Gasteiger partial charge < -0.3 is 4.42 Å². The third kappa shape index (κ3) is 2.81. The topological polar surface area (TPSA) is 64.7 Å². The van der Waals surface area contributed by atoms with Crippen LogP contribution in [0, 0.1) is 6.92 Å². The van der Waals surface area contributed by atoms with Crippen LogP contribution in [0.2, 0.25) is 0 Å². The van der Waals surface area contributed by atoms with Crippen molar-refractivity contribution in [2.24, 2.45) is 0 Å². The summed E-state index contributed by atoms with van der Waals surface area (Å²) in [5.74, 6) is 0.467. The molecule has 7 heteroatoms. The maximum absolute atomic E-state index is 5.78. The van der Waals surface area contributed by atoms with Crippen molar-refractivity contribution in [1.82, 2.24) is 20.4 Å². The van der Waals surface area contributed by atoms with Gasteiger partial charge in [-0.25, -0.2) is 0 Å². The molecule has 0 bridgehead atoms. The maximum Gasteiger partial charge on any atom is 0.283 e. The van der Waals surface area contributed by atoms with Gasteiger partial charge in [0.15, 0.2) is 0 Å². The van der Waals surface area contributed by atoms with Gasteiger partial charge in [-0.2, -0.15) is 5.10 Å². The Balaban J connectivity index is 1.70. The van der Waals surface area contributed by atoms with E-state index in [1.807, 2.05) is 55.5 Å². The summed E-state index contributed by atoms with van der Waals surface area (Å²) in [5, 5.41) is 20.0. The SMILES string of the molecule is Cc1nnc(Sc2nnc(-c3ccccc3Br)o2)c2ccccc12. The molecule has 4 rings (SSSR count). The molecule has 24 heavy (non-hydrogen) atoms. The van der Waals surface area contributed by atoms with Gasteiger partial charge in [0.05, 0.1) is 11.3 Å². The monoisotopic (exact) mass is 398 g/mol. The van der Waals surface area contributed by atoms with Gasteiger partial charge in [-0.05, 0) is 46.7 Å². The van der Waals surface area contributed by atoms with Gasteiger partial charge in [0.25, 0.3) is 5.22 Å². The Kier molecular flexibility index (Phi) is 4.03. The van der Waals surface area contributed by atoms with E-state index in [0.29, 0.717) is 11.1 Å². The molecule has 0 saturated heterocycles. The second-order valence-corrected chi connectivity index (χ2v) is 6.89. The highest BCUT2D eigenvalue weighted by atomic mass is 79.9. The second kappa shape index (κ2) is 6.33. The number of rotatable bonds is 3. The summed E-state index contributed by atoms with van der Waals surface area (Å²) in [5.41, 5.74) is 1.76. The standard InChI is InChI=1S/C17H11BrN4OS/c1-10-11-6-2-3-7-12(11)16(21-19-10)24-17-22-20-15(23-17)13-8-4-5-9-14(13)18/h2-9H,1H3. The number of aryl methyl sites for hydroxylation is 1. The first-order valence-corrected chi connectivity index (χ1v) is 8.81. The molecule has 0 saturated carbocycles. The quantitative estimate of drug-likeness (QED) is 0.488. The highest BCUT2D eigenvalue weighted by molar-refractivity contribution is 9.10. The molecule has 0 aliphatic carbocycles. The molecule has 0 fully saturated rings. The third-order valence-electron chi connectivity index (χ3n) is 3.53. The molecule has 5 nitrogen and oxygen atoms in total. The Hall–Kier alpha value is -2.25. The van der Waals surface area contributed by atoms with E-state index < -0.39 is 0 Å². The average Bonchev–Trinajstić information content (AvgIpc) is 3.06. The number of halogens is 1. The van der Waals surface area contributed by atoms with Gasteiger partial charge in [-0.15, -0.1) is 15.3 Å². The van der Waals surface area contributed by atoms with Gasteiger partial charge in [0.1, 0.15) is 5.03 Å². The van der Waals surface area contributed by atoms with Crippen molar-refractivity contribution in [2.45, 2.75) is 17.2 Å². The second-order valence-electron chi connectivity index (χ2n) is 5.09. The van der Waals surface area contributed by atoms with Crippen LogP contribution in [0.5, 0.6) is 0 Å². The summed E-state index contributed by atoms with van der Waals surface area (Å²) in [6.07, 6.45) is 0. The first kappa shape index (κ1) is 15.3. The van der Waals surface area contributed by atoms with Gasteiger partial charge in [0.2, 0.25) is 5.89 Å². The molecule has 0 spiro atoms. The highest BCUT2D eigenvalue weighted by Crippen LogP contribution is 2.34. The van der Waals surface area contributed by atoms with Crippen molar-refractivity contribution in [3.05, 3.63) is 58.7 Å². The molecule has 0 radical (unpaired) electrons. The van der Waals surface area contributed by atoms with Crippen LogP contribution in [0.1, 0.15) is 5.69 Å². The first-order valence-electron chi connectivity index (χ1n) is 7.20. The molecular weight excluding hydrogens is 388 g/mol. The van der Waals surface area contributed by atoms with Crippen LogP contribution < -0.4 is 0 Å². The fraction of sp³-hybridized carbons (Fsp3) is 0.0588. The van der Waals surface area contributed by atoms with Crippen molar-refractivity contribution >= 4 is 38.5 Å². The maximum atomic E-state index is 5.78. The molecule has 0 aliphatic rings. The molecule has 0 aliphatic heterocycles. The van der Waals surface area contributed by atoms with Gasteiger partial charge in [-0.3, -0.25) is 0 Å². The summed E-state index contributed by atoms with van der Waals surface area (Å²) < 4.78 is 6.68. The number of hydrogen-bond acceptors (Lipinski definition) is 6. The number of aromatic nitrogens is 4. The van der Waals surface area contributed by atoms with E-state index in [4.69, 9.17) is 4.42 Å². The van der Waals surface area contributed by atoms with Crippen LogP contribution in [-0.2, 0) is 0 Å². The van der Waals surface area contributed by atoms with E-state index in [9.17, 15) is 0 Å². The zero-order valence-electron chi connectivity index (χ0n) is 12.6. The minimum atomic E-state index is 0.434. The van der Waals surface area contributed by atoms with Crippen molar-refractivity contribution in [1.29, 1.82) is 0 Å². The lowest BCUT2D eigenvalue weighted by Crippen LogP contribution is -1.92. The first-order chi connectivity index (χ1) is 11.7. The van der Waals surface area contributed by atoms with E-state index in [2.05, 4.69) is 36.3 Å². The van der Waals surface area contributed by atoms with Crippen LogP contribution in [0.25, 0.3) is 22.2 Å². The van der Waals surface area contributed by atoms with Crippen LogP contribution in [0.4, 0.5) is 0 Å². The molecule has 0 atom stereocenters. The predicted molar refractivity (Wildman–Crippen MR) is 95.8 cm³/mol. The highest BCUT2D eigenvalue weighted by Gasteiger charge is 2.15. The summed E-state index contributed by atoms with van der Waals surface area (Å²) in [4.78, 5) is 0. The molecule has 2 heterocycles. The Bertz CT molecular complexity index is 1030. The Morgan fingerprint density at radius 2 is 1.62 bits per heavy atom. The van der Waals surface area contributed by atoms with E-state index >= 15 is 0 Å². The van der Waals surface area contributed by atoms with Crippen molar-refractivity contribution < 1.29 is 4.42 Å². The Morgan fingerprint density at radius 1 is 0.875 bits per heavy atom. The normalized spacial score (nSPS) is 11.1. The van der Waals surface area contributed by atoms with Crippen molar-refractivity contribution in [3.8, 4) is 11.5 Å². The minimum absolute atomic E-state index is 0.434. The van der Waals surface area contributed by atoms with Crippen LogP contribution in [-0.4, -0.2) is 20.4 Å². The molecular formula is C17H11BrN4OS. The lowest BCUT2D eigenvalue weighted by Gasteiger charge is -2.04. The molecule has 2 aromatic heterocycles. The van der Waals surface area contributed by atoms with E-state index in [1.54, 1.807) is 0 Å². The number of fused-ring (bicyclic) bond motifs is 1. The zero-order chi connectivity index (χ0) is 16.5. The fourth-order valence-electron chi connectivity index (χ4n) is 2.37. The lowest BCUT2D eigenvalue weighted by atomic mass is 10.1. The number of nitrogens with zero attached hydrogens (tertiary/aromatic N) is 4. The Labute approximate surface area is 150 Å². The van der Waals surface area contributed by atoms with E-state index in [0.717, 1.165) is 31.5 Å². The molecule has 118 valence electrons. The minimum Gasteiger partial charge on any atom is -0.411 e. The largest absolute Gasteiger partial charge is 0.411 e. The summed E-state index contributed by atoms with van der Waals surface area (Å²) >= 11 is 4.81. The van der Waals surface area contributed by atoms with Crippen LogP contribution in [0.15, 0.2) is 67.7 Å². The van der Waals surface area contributed by atoms with Gasteiger partial charge >= 0.3 is 0 Å². The van der Waals surface area contributed by atoms with E-state index in [-0.39, 0.29) is 0 Å². The molecule has 0 amide bonds. The third-order valence-corrected chi connectivity index (χ3v) is 5.06. The number of hydrogen-bond donors (Lipinski definition) is 0. The summed E-state index contributed by atoms with van der Waals surface area (Å²) in [6.45, 7) is 1.95. The van der Waals surface area contributed by atoms with Crippen molar-refractivity contribution in [2.75, 3.05) is 0 Å². The Morgan fingerprint density at radius 3 is 2.46 bits per heavy atom. The summed E-state index contributed by atoms with van der Waals surface area (Å²) in [6, 6.07) is 15.7. The lowest BCUT2D eigenvalue weighted by molar-refractivity contribution is 0.465. The molecule has 0 unspecified atom stereocenters. The fourth-order valence-corrected chi connectivity index (χ4v) is 3.56. The van der Waals surface area contributed by atoms with Crippen LogP contribution >= 0.6 is 27.7 Å². The van der Waals surface area contributed by atoms with E-state index in [1.165, 1.54) is 11.8 Å². The van der Waals surface area contributed by atoms with Crippen molar-refractivity contribution in [3.63, 3.8) is 0 Å². The van der Waals surface area contributed by atoms with Gasteiger partial charge in [-0.1, -0.05) is 36.4 Å².